The molecule has 0 aromatic heterocycles. The number of carbonyl (C=O) groups is 1. The number of rotatable bonds is 5. The lowest BCUT2D eigenvalue weighted by Crippen LogP contribution is -2.24. The first kappa shape index (κ1) is 18.6. The van der Waals surface area contributed by atoms with Crippen LogP contribution in [0, 0.1) is 11.2 Å². The van der Waals surface area contributed by atoms with Crippen molar-refractivity contribution in [1.29, 1.82) is 0 Å². The Morgan fingerprint density at radius 2 is 1.77 bits per heavy atom. The van der Waals surface area contributed by atoms with Crippen molar-refractivity contribution in [3.05, 3.63) is 59.9 Å². The van der Waals surface area contributed by atoms with Crippen LogP contribution in [0.4, 0.5) is 10.1 Å². The van der Waals surface area contributed by atoms with Gasteiger partial charge < -0.3 is 5.32 Å². The van der Waals surface area contributed by atoms with Crippen LogP contribution in [0.25, 0.3) is 0 Å². The van der Waals surface area contributed by atoms with E-state index in [1.165, 1.54) is 36.4 Å². The van der Waals surface area contributed by atoms with E-state index < -0.39 is 21.6 Å². The molecule has 1 aliphatic rings. The fourth-order valence-electron chi connectivity index (χ4n) is 3.48. The Labute approximate surface area is 153 Å². The van der Waals surface area contributed by atoms with Crippen molar-refractivity contribution in [3.63, 3.8) is 0 Å². The lowest BCUT2D eigenvalue weighted by molar-refractivity contribution is 0.102. The molecule has 1 N–H and O–H groups in total. The molecule has 0 heterocycles. The maximum Gasteiger partial charge on any atom is 0.255 e. The molecule has 1 amide bonds. The third-order valence-corrected chi connectivity index (χ3v) is 6.96. The van der Waals surface area contributed by atoms with Crippen LogP contribution >= 0.6 is 0 Å². The largest absolute Gasteiger partial charge is 0.322 e. The summed E-state index contributed by atoms with van der Waals surface area (Å²) in [7, 11) is -3.47. The second-order valence-corrected chi connectivity index (χ2v) is 9.26. The van der Waals surface area contributed by atoms with E-state index in [0.29, 0.717) is 5.69 Å². The van der Waals surface area contributed by atoms with Gasteiger partial charge in [-0.25, -0.2) is 12.8 Å². The van der Waals surface area contributed by atoms with Crippen LogP contribution in [-0.2, 0) is 9.84 Å². The van der Waals surface area contributed by atoms with E-state index >= 15 is 0 Å². The molecule has 0 aliphatic heterocycles. The van der Waals surface area contributed by atoms with Crippen LogP contribution in [-0.4, -0.2) is 20.1 Å². The van der Waals surface area contributed by atoms with Crippen molar-refractivity contribution in [2.24, 2.45) is 5.41 Å². The number of benzene rings is 2. The van der Waals surface area contributed by atoms with Crippen LogP contribution in [0.1, 0.15) is 43.0 Å². The number of amides is 1. The van der Waals surface area contributed by atoms with Gasteiger partial charge in [0.05, 0.1) is 10.6 Å². The molecule has 0 saturated heterocycles. The first-order valence-corrected chi connectivity index (χ1v) is 10.3. The van der Waals surface area contributed by atoms with E-state index in [4.69, 9.17) is 0 Å². The highest BCUT2D eigenvalue weighted by molar-refractivity contribution is 7.91. The Hall–Kier alpha value is -2.21. The fourth-order valence-corrected chi connectivity index (χ4v) is 5.45. The summed E-state index contributed by atoms with van der Waals surface area (Å²) in [5, 5.41) is 2.64. The van der Waals surface area contributed by atoms with E-state index in [1.807, 2.05) is 6.92 Å². The molecule has 6 heteroatoms. The Morgan fingerprint density at radius 3 is 2.42 bits per heavy atom. The highest BCUT2D eigenvalue weighted by atomic mass is 32.2. The van der Waals surface area contributed by atoms with Gasteiger partial charge >= 0.3 is 0 Å². The van der Waals surface area contributed by atoms with Gasteiger partial charge in [-0.05, 0) is 60.7 Å². The molecule has 138 valence electrons. The van der Waals surface area contributed by atoms with Crippen molar-refractivity contribution >= 4 is 21.4 Å². The molecule has 2 aromatic carbocycles. The summed E-state index contributed by atoms with van der Waals surface area (Å²) in [5.41, 5.74) is 0.515. The molecular formula is C20H22FNO3S. The number of anilines is 1. The molecule has 0 bridgehead atoms. The summed E-state index contributed by atoms with van der Waals surface area (Å²) in [6.07, 6.45) is 3.95. The van der Waals surface area contributed by atoms with Crippen molar-refractivity contribution in [2.45, 2.75) is 37.5 Å². The molecule has 0 atom stereocenters. The first-order chi connectivity index (χ1) is 12.3. The SMILES string of the molecule is CC1(CS(=O)(=O)c2cccc(C(=O)Nc3ccc(F)cc3)c2)CCCC1. The smallest absolute Gasteiger partial charge is 0.255 e. The van der Waals surface area contributed by atoms with Crippen molar-refractivity contribution < 1.29 is 17.6 Å². The van der Waals surface area contributed by atoms with Gasteiger partial charge in [0, 0.05) is 11.3 Å². The Balaban J connectivity index is 1.78. The van der Waals surface area contributed by atoms with E-state index in [-0.39, 0.29) is 21.6 Å². The predicted octanol–water partition coefficient (Wildman–Crippen LogP) is 4.43. The minimum atomic E-state index is -3.47. The number of hydrogen-bond donors (Lipinski definition) is 1. The number of sulfone groups is 1. The number of nitrogens with one attached hydrogen (secondary N) is 1. The van der Waals surface area contributed by atoms with Crippen molar-refractivity contribution in [3.8, 4) is 0 Å². The molecule has 4 nitrogen and oxygen atoms in total. The van der Waals surface area contributed by atoms with E-state index in [2.05, 4.69) is 5.32 Å². The zero-order valence-electron chi connectivity index (χ0n) is 14.7. The van der Waals surface area contributed by atoms with Gasteiger partial charge in [0.1, 0.15) is 5.82 Å². The lowest BCUT2D eigenvalue weighted by Gasteiger charge is -2.23. The van der Waals surface area contributed by atoms with Crippen LogP contribution < -0.4 is 5.32 Å². The monoisotopic (exact) mass is 375 g/mol. The van der Waals surface area contributed by atoms with Gasteiger partial charge in [-0.15, -0.1) is 0 Å². The minimum absolute atomic E-state index is 0.100. The molecule has 1 saturated carbocycles. The molecule has 2 aromatic rings. The summed E-state index contributed by atoms with van der Waals surface area (Å²) in [6, 6.07) is 11.5. The Morgan fingerprint density at radius 1 is 1.12 bits per heavy atom. The number of hydrogen-bond acceptors (Lipinski definition) is 3. The summed E-state index contributed by atoms with van der Waals surface area (Å²) >= 11 is 0. The molecule has 0 radical (unpaired) electrons. The van der Waals surface area contributed by atoms with Gasteiger partial charge in [0.2, 0.25) is 0 Å². The normalized spacial score (nSPS) is 16.4. The maximum atomic E-state index is 12.9. The van der Waals surface area contributed by atoms with Crippen molar-refractivity contribution in [2.75, 3.05) is 11.1 Å². The third kappa shape index (κ3) is 4.30. The quantitative estimate of drug-likeness (QED) is 0.841. The lowest BCUT2D eigenvalue weighted by atomic mass is 9.92. The zero-order valence-corrected chi connectivity index (χ0v) is 15.5. The van der Waals surface area contributed by atoms with E-state index in [1.54, 1.807) is 12.1 Å². The van der Waals surface area contributed by atoms with Gasteiger partial charge in [0.25, 0.3) is 5.91 Å². The maximum absolute atomic E-state index is 12.9. The second-order valence-electron chi connectivity index (χ2n) is 7.27. The molecule has 1 fully saturated rings. The number of halogens is 1. The first-order valence-electron chi connectivity index (χ1n) is 8.67. The molecule has 1 aliphatic carbocycles. The molecule has 0 spiro atoms. The fraction of sp³-hybridized carbons (Fsp3) is 0.350. The standard InChI is InChI=1S/C20H22FNO3S/c1-20(11-2-3-12-20)14-26(24,25)18-6-4-5-15(13-18)19(23)22-17-9-7-16(21)8-10-17/h4-10,13H,2-3,11-12,14H2,1H3,(H,22,23). The van der Waals surface area contributed by atoms with Gasteiger partial charge in [-0.3, -0.25) is 4.79 Å². The summed E-state index contributed by atoms with van der Waals surface area (Å²) in [6.45, 7) is 2.02. The van der Waals surface area contributed by atoms with E-state index in [0.717, 1.165) is 25.7 Å². The van der Waals surface area contributed by atoms with Crippen LogP contribution in [0.2, 0.25) is 0 Å². The highest BCUT2D eigenvalue weighted by Crippen LogP contribution is 2.39. The van der Waals surface area contributed by atoms with E-state index in [9.17, 15) is 17.6 Å². The Kier molecular flexibility index (Phi) is 5.14. The Bertz CT molecular complexity index is 901. The zero-order chi connectivity index (χ0) is 18.8. The van der Waals surface area contributed by atoms with Crippen LogP contribution in [0.15, 0.2) is 53.4 Å². The molecule has 26 heavy (non-hydrogen) atoms. The number of carbonyl (C=O) groups excluding carboxylic acids is 1. The van der Waals surface area contributed by atoms with Gasteiger partial charge in [-0.1, -0.05) is 25.8 Å². The second kappa shape index (κ2) is 7.19. The van der Waals surface area contributed by atoms with Crippen LogP contribution in [0.5, 0.6) is 0 Å². The average Bonchev–Trinajstić information content (AvgIpc) is 3.02. The summed E-state index contributed by atoms with van der Waals surface area (Å²) < 4.78 is 38.5. The minimum Gasteiger partial charge on any atom is -0.322 e. The van der Waals surface area contributed by atoms with Gasteiger partial charge in [-0.2, -0.15) is 0 Å². The average molecular weight is 375 g/mol. The molecular weight excluding hydrogens is 353 g/mol. The summed E-state index contributed by atoms with van der Waals surface area (Å²) in [4.78, 5) is 12.6. The topological polar surface area (TPSA) is 63.2 Å². The molecule has 3 rings (SSSR count). The third-order valence-electron chi connectivity index (χ3n) is 4.91. The summed E-state index contributed by atoms with van der Waals surface area (Å²) in [5.74, 6) is -0.722. The predicted molar refractivity (Wildman–Crippen MR) is 99.4 cm³/mol. The van der Waals surface area contributed by atoms with Crippen LogP contribution in [0.3, 0.4) is 0 Å². The molecule has 0 unspecified atom stereocenters. The highest BCUT2D eigenvalue weighted by Gasteiger charge is 2.34. The van der Waals surface area contributed by atoms with Gasteiger partial charge in [0.15, 0.2) is 9.84 Å². The van der Waals surface area contributed by atoms with Crippen molar-refractivity contribution in [1.82, 2.24) is 0 Å².